The minimum atomic E-state index is -0.358. The first-order chi connectivity index (χ1) is 13.5. The van der Waals surface area contributed by atoms with Crippen molar-refractivity contribution in [1.82, 2.24) is 0 Å². The minimum Gasteiger partial charge on any atom is -0.462 e. The summed E-state index contributed by atoms with van der Waals surface area (Å²) in [7, 11) is 0. The topological polar surface area (TPSA) is 55.4 Å². The van der Waals surface area contributed by atoms with E-state index in [1.807, 2.05) is 56.3 Å². The molecule has 3 aromatic rings. The van der Waals surface area contributed by atoms with E-state index in [4.69, 9.17) is 4.74 Å². The average molecular weight is 373 g/mol. The summed E-state index contributed by atoms with van der Waals surface area (Å²) >= 11 is 0. The van der Waals surface area contributed by atoms with E-state index < -0.39 is 0 Å². The van der Waals surface area contributed by atoms with Crippen LogP contribution < -0.4 is 5.32 Å². The second-order valence-corrected chi connectivity index (χ2v) is 6.97. The number of rotatable bonds is 6. The lowest BCUT2D eigenvalue weighted by molar-refractivity contribution is 0.0459. The fourth-order valence-corrected chi connectivity index (χ4v) is 2.66. The van der Waals surface area contributed by atoms with Crippen LogP contribution in [-0.4, -0.2) is 18.5 Å². The van der Waals surface area contributed by atoms with E-state index in [1.165, 1.54) is 0 Å². The fraction of sp³-hybridized carbons (Fsp3) is 0.167. The van der Waals surface area contributed by atoms with Crippen molar-refractivity contribution in [1.29, 1.82) is 0 Å². The van der Waals surface area contributed by atoms with Crippen LogP contribution in [0.2, 0.25) is 0 Å². The number of benzene rings is 3. The molecule has 28 heavy (non-hydrogen) atoms. The Morgan fingerprint density at radius 3 is 1.96 bits per heavy atom. The van der Waals surface area contributed by atoms with Gasteiger partial charge in [0.15, 0.2) is 0 Å². The van der Waals surface area contributed by atoms with E-state index in [0.717, 1.165) is 11.1 Å². The Kier molecular flexibility index (Phi) is 6.22. The third-order valence-corrected chi connectivity index (χ3v) is 4.18. The molecule has 0 saturated carbocycles. The van der Waals surface area contributed by atoms with Crippen molar-refractivity contribution < 1.29 is 14.3 Å². The van der Waals surface area contributed by atoms with Crippen molar-refractivity contribution >= 4 is 17.6 Å². The van der Waals surface area contributed by atoms with Gasteiger partial charge in [-0.15, -0.1) is 0 Å². The fourth-order valence-electron chi connectivity index (χ4n) is 2.66. The number of carbonyl (C=O) groups is 2. The molecule has 142 valence electrons. The van der Waals surface area contributed by atoms with Crippen molar-refractivity contribution in [3.8, 4) is 11.1 Å². The standard InChI is InChI=1S/C24H23NO3/c1-17(2)16-28-24(27)21-12-14-22(15-13-21)25-23(26)20-10-8-19(9-11-20)18-6-4-3-5-7-18/h3-15,17H,16H2,1-2H3,(H,25,26). The molecule has 0 fully saturated rings. The van der Waals surface area contributed by atoms with Crippen LogP contribution in [0.4, 0.5) is 5.69 Å². The van der Waals surface area contributed by atoms with Gasteiger partial charge in [0.1, 0.15) is 0 Å². The second-order valence-electron chi connectivity index (χ2n) is 6.97. The maximum atomic E-state index is 12.5. The highest BCUT2D eigenvalue weighted by Gasteiger charge is 2.10. The van der Waals surface area contributed by atoms with Gasteiger partial charge >= 0.3 is 5.97 Å². The Bertz CT molecular complexity index is 930. The van der Waals surface area contributed by atoms with Crippen molar-refractivity contribution in [2.24, 2.45) is 5.92 Å². The van der Waals surface area contributed by atoms with Gasteiger partial charge in [-0.3, -0.25) is 4.79 Å². The summed E-state index contributed by atoms with van der Waals surface area (Å²) in [5.74, 6) is -0.270. The molecule has 0 atom stereocenters. The molecule has 0 spiro atoms. The third-order valence-electron chi connectivity index (χ3n) is 4.18. The Balaban J connectivity index is 1.62. The molecule has 0 saturated heterocycles. The first-order valence-electron chi connectivity index (χ1n) is 9.27. The molecule has 3 aromatic carbocycles. The van der Waals surface area contributed by atoms with Crippen LogP contribution in [0.3, 0.4) is 0 Å². The summed E-state index contributed by atoms with van der Waals surface area (Å²) < 4.78 is 5.20. The zero-order valence-corrected chi connectivity index (χ0v) is 16.0. The van der Waals surface area contributed by atoms with Gasteiger partial charge < -0.3 is 10.1 Å². The highest BCUT2D eigenvalue weighted by molar-refractivity contribution is 6.04. The van der Waals surface area contributed by atoms with Gasteiger partial charge in [-0.05, 0) is 53.4 Å². The highest BCUT2D eigenvalue weighted by Crippen LogP contribution is 2.20. The molecule has 0 aromatic heterocycles. The Hall–Kier alpha value is -3.40. The molecule has 0 unspecified atom stereocenters. The summed E-state index contributed by atoms with van der Waals surface area (Å²) in [6, 6.07) is 24.2. The smallest absolute Gasteiger partial charge is 0.338 e. The van der Waals surface area contributed by atoms with Gasteiger partial charge in [0, 0.05) is 11.3 Å². The maximum absolute atomic E-state index is 12.5. The summed E-state index contributed by atoms with van der Waals surface area (Å²) in [6.45, 7) is 4.35. The number of nitrogens with one attached hydrogen (secondary N) is 1. The number of anilines is 1. The Morgan fingerprint density at radius 1 is 0.786 bits per heavy atom. The Morgan fingerprint density at radius 2 is 1.36 bits per heavy atom. The number of amides is 1. The summed E-state index contributed by atoms with van der Waals surface area (Å²) in [5, 5.41) is 2.84. The van der Waals surface area contributed by atoms with E-state index >= 15 is 0 Å². The third kappa shape index (κ3) is 5.07. The lowest BCUT2D eigenvalue weighted by atomic mass is 10.0. The molecule has 0 aliphatic heterocycles. The van der Waals surface area contributed by atoms with Gasteiger partial charge in [0.25, 0.3) is 5.91 Å². The van der Waals surface area contributed by atoms with Crippen LogP contribution in [0.1, 0.15) is 34.6 Å². The normalized spacial score (nSPS) is 10.5. The van der Waals surface area contributed by atoms with E-state index in [0.29, 0.717) is 23.4 Å². The minimum absolute atomic E-state index is 0.199. The van der Waals surface area contributed by atoms with Crippen LogP contribution >= 0.6 is 0 Å². The quantitative estimate of drug-likeness (QED) is 0.587. The predicted molar refractivity (Wildman–Crippen MR) is 111 cm³/mol. The SMILES string of the molecule is CC(C)COC(=O)c1ccc(NC(=O)c2ccc(-c3ccccc3)cc2)cc1. The van der Waals surface area contributed by atoms with Crippen LogP contribution in [0.25, 0.3) is 11.1 Å². The predicted octanol–water partition coefficient (Wildman–Crippen LogP) is 5.42. The summed E-state index contributed by atoms with van der Waals surface area (Å²) in [6.07, 6.45) is 0. The van der Waals surface area contributed by atoms with E-state index in [2.05, 4.69) is 5.32 Å². The van der Waals surface area contributed by atoms with E-state index in [-0.39, 0.29) is 17.8 Å². The number of ether oxygens (including phenoxy) is 1. The van der Waals surface area contributed by atoms with Crippen molar-refractivity contribution in [2.45, 2.75) is 13.8 Å². The lowest BCUT2D eigenvalue weighted by Gasteiger charge is -2.09. The molecule has 0 aliphatic carbocycles. The molecule has 4 heteroatoms. The van der Waals surface area contributed by atoms with E-state index in [9.17, 15) is 9.59 Å². The second kappa shape index (κ2) is 9.00. The van der Waals surface area contributed by atoms with E-state index in [1.54, 1.807) is 36.4 Å². The molecular weight excluding hydrogens is 350 g/mol. The van der Waals surface area contributed by atoms with Gasteiger partial charge in [-0.2, -0.15) is 0 Å². The zero-order chi connectivity index (χ0) is 19.9. The molecule has 0 radical (unpaired) electrons. The molecule has 1 amide bonds. The zero-order valence-electron chi connectivity index (χ0n) is 16.0. The molecule has 3 rings (SSSR count). The van der Waals surface area contributed by atoms with Gasteiger partial charge in [0.05, 0.1) is 12.2 Å². The maximum Gasteiger partial charge on any atom is 0.338 e. The monoisotopic (exact) mass is 373 g/mol. The molecule has 0 bridgehead atoms. The lowest BCUT2D eigenvalue weighted by Crippen LogP contribution is -2.12. The number of carbonyl (C=O) groups excluding carboxylic acids is 2. The first-order valence-corrected chi connectivity index (χ1v) is 9.27. The molecule has 0 aliphatic rings. The average Bonchev–Trinajstić information content (AvgIpc) is 2.73. The van der Waals surface area contributed by atoms with Crippen molar-refractivity contribution in [3.63, 3.8) is 0 Å². The van der Waals surface area contributed by atoms with Gasteiger partial charge in [-0.1, -0.05) is 56.3 Å². The largest absolute Gasteiger partial charge is 0.462 e. The van der Waals surface area contributed by atoms with Crippen LogP contribution in [0.15, 0.2) is 78.9 Å². The highest BCUT2D eigenvalue weighted by atomic mass is 16.5. The van der Waals surface area contributed by atoms with Gasteiger partial charge in [-0.25, -0.2) is 4.79 Å². The van der Waals surface area contributed by atoms with Crippen LogP contribution in [-0.2, 0) is 4.74 Å². The number of hydrogen-bond acceptors (Lipinski definition) is 3. The first kappa shape index (κ1) is 19.4. The number of esters is 1. The number of hydrogen-bond donors (Lipinski definition) is 1. The molecule has 0 heterocycles. The molecule has 4 nitrogen and oxygen atoms in total. The van der Waals surface area contributed by atoms with Crippen LogP contribution in [0, 0.1) is 5.92 Å². The van der Waals surface area contributed by atoms with Crippen molar-refractivity contribution in [2.75, 3.05) is 11.9 Å². The molecule has 1 N–H and O–H groups in total. The van der Waals surface area contributed by atoms with Crippen LogP contribution in [0.5, 0.6) is 0 Å². The summed E-state index contributed by atoms with van der Waals surface area (Å²) in [4.78, 5) is 24.4. The summed E-state index contributed by atoms with van der Waals surface area (Å²) in [5.41, 5.74) is 3.82. The Labute approximate surface area is 165 Å². The van der Waals surface area contributed by atoms with Crippen molar-refractivity contribution in [3.05, 3.63) is 90.0 Å². The molecular formula is C24H23NO3. The van der Waals surface area contributed by atoms with Gasteiger partial charge in [0.2, 0.25) is 0 Å².